The van der Waals surface area contributed by atoms with E-state index in [2.05, 4.69) is 24.5 Å². The number of nitrogens with one attached hydrogen (secondary N) is 2. The van der Waals surface area contributed by atoms with E-state index in [1.54, 1.807) is 0 Å². The van der Waals surface area contributed by atoms with Gasteiger partial charge in [-0.15, -0.1) is 0 Å². The van der Waals surface area contributed by atoms with Gasteiger partial charge in [0.25, 0.3) is 0 Å². The minimum atomic E-state index is 0.636. The van der Waals surface area contributed by atoms with Gasteiger partial charge in [-0.05, 0) is 32.7 Å². The van der Waals surface area contributed by atoms with Crippen LogP contribution in [0.1, 0.15) is 58.8 Å². The summed E-state index contributed by atoms with van der Waals surface area (Å²) in [5.41, 5.74) is 0. The molecule has 0 amide bonds. The van der Waals surface area contributed by atoms with Gasteiger partial charge in [-0.2, -0.15) is 0 Å². The van der Waals surface area contributed by atoms with Gasteiger partial charge in [0, 0.05) is 18.6 Å². The second kappa shape index (κ2) is 8.12. The summed E-state index contributed by atoms with van der Waals surface area (Å²) < 4.78 is 0. The van der Waals surface area contributed by atoms with E-state index in [1.165, 1.54) is 51.5 Å². The van der Waals surface area contributed by atoms with Crippen LogP contribution in [-0.2, 0) is 0 Å². The second-order valence-corrected chi connectivity index (χ2v) is 4.95. The molecule has 1 atom stereocenters. The summed E-state index contributed by atoms with van der Waals surface area (Å²) in [5, 5.41) is 7.14. The van der Waals surface area contributed by atoms with Crippen molar-refractivity contribution in [1.29, 1.82) is 0 Å². The third-order valence-electron chi connectivity index (χ3n) is 3.06. The summed E-state index contributed by atoms with van der Waals surface area (Å²) in [7, 11) is 0. The predicted octanol–water partition coefficient (Wildman–Crippen LogP) is 2.69. The van der Waals surface area contributed by atoms with Gasteiger partial charge >= 0.3 is 0 Å². The van der Waals surface area contributed by atoms with E-state index in [9.17, 15) is 0 Å². The summed E-state index contributed by atoms with van der Waals surface area (Å²) in [6.45, 7) is 6.88. The van der Waals surface area contributed by atoms with Gasteiger partial charge in [0.1, 0.15) is 0 Å². The van der Waals surface area contributed by atoms with E-state index in [0.29, 0.717) is 6.04 Å². The Bertz CT molecular complexity index is 143. The third kappa shape index (κ3) is 7.80. The molecule has 2 heteroatoms. The zero-order valence-electron chi connectivity index (χ0n) is 10.5. The fraction of sp³-hybridized carbons (Fsp3) is 1.00. The van der Waals surface area contributed by atoms with Crippen LogP contribution in [0.25, 0.3) is 0 Å². The summed E-state index contributed by atoms with van der Waals surface area (Å²) >= 11 is 0. The molecule has 1 unspecified atom stereocenters. The molecule has 1 aliphatic carbocycles. The van der Waals surface area contributed by atoms with Crippen molar-refractivity contribution in [1.82, 2.24) is 10.6 Å². The number of rotatable bonds is 10. The quantitative estimate of drug-likeness (QED) is 0.544. The van der Waals surface area contributed by atoms with Crippen LogP contribution in [0.3, 0.4) is 0 Å². The Balaban J connectivity index is 1.77. The fourth-order valence-electron chi connectivity index (χ4n) is 1.78. The molecule has 0 aromatic carbocycles. The van der Waals surface area contributed by atoms with Gasteiger partial charge in [0.05, 0.1) is 0 Å². The average Bonchev–Trinajstić information content (AvgIpc) is 3.04. The van der Waals surface area contributed by atoms with E-state index in [0.717, 1.165) is 12.6 Å². The Morgan fingerprint density at radius 3 is 2.53 bits per heavy atom. The van der Waals surface area contributed by atoms with Crippen molar-refractivity contribution in [2.45, 2.75) is 70.9 Å². The van der Waals surface area contributed by atoms with Gasteiger partial charge in [-0.3, -0.25) is 0 Å². The lowest BCUT2D eigenvalue weighted by molar-refractivity contribution is 0.484. The van der Waals surface area contributed by atoms with Crippen molar-refractivity contribution in [3.8, 4) is 0 Å². The summed E-state index contributed by atoms with van der Waals surface area (Å²) in [6, 6.07) is 1.48. The fourth-order valence-corrected chi connectivity index (χ4v) is 1.78. The molecule has 1 fully saturated rings. The van der Waals surface area contributed by atoms with E-state index in [4.69, 9.17) is 0 Å². The van der Waals surface area contributed by atoms with E-state index in [-0.39, 0.29) is 0 Å². The highest BCUT2D eigenvalue weighted by Gasteiger charge is 2.20. The van der Waals surface area contributed by atoms with Gasteiger partial charge in [-0.25, -0.2) is 0 Å². The van der Waals surface area contributed by atoms with Crippen molar-refractivity contribution in [3.63, 3.8) is 0 Å². The summed E-state index contributed by atoms with van der Waals surface area (Å²) in [5.74, 6) is 0. The molecule has 0 bridgehead atoms. The smallest absolute Gasteiger partial charge is 0.0164 e. The zero-order chi connectivity index (χ0) is 10.9. The van der Waals surface area contributed by atoms with Crippen molar-refractivity contribution >= 4 is 0 Å². The zero-order valence-corrected chi connectivity index (χ0v) is 10.5. The van der Waals surface area contributed by atoms with E-state index >= 15 is 0 Å². The molecule has 0 spiro atoms. The van der Waals surface area contributed by atoms with Crippen LogP contribution in [0, 0.1) is 0 Å². The van der Waals surface area contributed by atoms with Crippen molar-refractivity contribution in [3.05, 3.63) is 0 Å². The minimum Gasteiger partial charge on any atom is -0.313 e. The van der Waals surface area contributed by atoms with Crippen LogP contribution in [0.5, 0.6) is 0 Å². The van der Waals surface area contributed by atoms with Crippen LogP contribution in [0.4, 0.5) is 0 Å². The van der Waals surface area contributed by atoms with Crippen LogP contribution in [0.2, 0.25) is 0 Å². The molecule has 0 radical (unpaired) electrons. The topological polar surface area (TPSA) is 24.1 Å². The van der Waals surface area contributed by atoms with Gasteiger partial charge in [0.2, 0.25) is 0 Å². The van der Waals surface area contributed by atoms with Crippen LogP contribution in [-0.4, -0.2) is 25.2 Å². The van der Waals surface area contributed by atoms with Crippen LogP contribution < -0.4 is 10.6 Å². The average molecular weight is 212 g/mol. The minimum absolute atomic E-state index is 0.636. The first kappa shape index (κ1) is 13.0. The molecule has 0 aromatic heterocycles. The Kier molecular flexibility index (Phi) is 7.03. The van der Waals surface area contributed by atoms with Crippen molar-refractivity contribution in [2.24, 2.45) is 0 Å². The standard InChI is InChI=1S/C13H28N2/c1-3-4-5-6-7-10-14-12(2)11-15-13-8-9-13/h12-15H,3-11H2,1-2H3. The molecule has 1 saturated carbocycles. The molecule has 0 heterocycles. The maximum absolute atomic E-state index is 3.58. The predicted molar refractivity (Wildman–Crippen MR) is 67.2 cm³/mol. The van der Waals surface area contributed by atoms with E-state index in [1.807, 2.05) is 0 Å². The number of hydrogen-bond acceptors (Lipinski definition) is 2. The number of unbranched alkanes of at least 4 members (excludes halogenated alkanes) is 4. The first-order chi connectivity index (χ1) is 7.33. The molecule has 1 aliphatic rings. The highest BCUT2D eigenvalue weighted by molar-refractivity contribution is 4.82. The molecule has 0 aromatic rings. The first-order valence-corrected chi connectivity index (χ1v) is 6.79. The van der Waals surface area contributed by atoms with Crippen LogP contribution in [0.15, 0.2) is 0 Å². The molecule has 2 nitrogen and oxygen atoms in total. The lowest BCUT2D eigenvalue weighted by Crippen LogP contribution is -2.37. The Labute approximate surface area is 95.2 Å². The van der Waals surface area contributed by atoms with Crippen LogP contribution >= 0.6 is 0 Å². The third-order valence-corrected chi connectivity index (χ3v) is 3.06. The SMILES string of the molecule is CCCCCCCNC(C)CNC1CC1. The normalized spacial score (nSPS) is 18.0. The Morgan fingerprint density at radius 2 is 1.87 bits per heavy atom. The summed E-state index contributed by atoms with van der Waals surface area (Å²) in [6.07, 6.45) is 9.67. The maximum Gasteiger partial charge on any atom is 0.0164 e. The Hall–Kier alpha value is -0.0800. The molecule has 90 valence electrons. The summed E-state index contributed by atoms with van der Waals surface area (Å²) in [4.78, 5) is 0. The Morgan fingerprint density at radius 1 is 1.13 bits per heavy atom. The first-order valence-electron chi connectivity index (χ1n) is 6.79. The van der Waals surface area contributed by atoms with Crippen molar-refractivity contribution in [2.75, 3.05) is 13.1 Å². The lowest BCUT2D eigenvalue weighted by atomic mass is 10.1. The van der Waals surface area contributed by atoms with Gasteiger partial charge in [-0.1, -0.05) is 32.6 Å². The van der Waals surface area contributed by atoms with Crippen molar-refractivity contribution < 1.29 is 0 Å². The number of hydrogen-bond donors (Lipinski definition) is 2. The molecular formula is C13H28N2. The molecule has 1 rings (SSSR count). The highest BCUT2D eigenvalue weighted by atomic mass is 15.0. The molecule has 2 N–H and O–H groups in total. The molecular weight excluding hydrogens is 184 g/mol. The van der Waals surface area contributed by atoms with Gasteiger partial charge in [0.15, 0.2) is 0 Å². The highest BCUT2D eigenvalue weighted by Crippen LogP contribution is 2.18. The maximum atomic E-state index is 3.58. The largest absolute Gasteiger partial charge is 0.313 e. The monoisotopic (exact) mass is 212 g/mol. The lowest BCUT2D eigenvalue weighted by Gasteiger charge is -2.14. The molecule has 0 aliphatic heterocycles. The van der Waals surface area contributed by atoms with E-state index < -0.39 is 0 Å². The van der Waals surface area contributed by atoms with Gasteiger partial charge < -0.3 is 10.6 Å². The molecule has 0 saturated heterocycles. The second-order valence-electron chi connectivity index (χ2n) is 4.95. The molecule has 15 heavy (non-hydrogen) atoms.